The minimum Gasteiger partial charge on any atom is -0.493 e. The van der Waals surface area contributed by atoms with Gasteiger partial charge in [-0.25, -0.2) is 0 Å². The number of carbonyl (C=O) groups is 1. The third kappa shape index (κ3) is 8.35. The second-order valence-corrected chi connectivity index (χ2v) is 8.86. The van der Waals surface area contributed by atoms with Crippen molar-refractivity contribution in [2.45, 2.75) is 44.5 Å². The summed E-state index contributed by atoms with van der Waals surface area (Å²) >= 11 is 0. The number of hydrogen-bond donors (Lipinski definition) is 0. The van der Waals surface area contributed by atoms with Crippen LogP contribution in [0.25, 0.3) is 0 Å². The Morgan fingerprint density at radius 1 is 1.09 bits per heavy atom. The van der Waals surface area contributed by atoms with Crippen molar-refractivity contribution in [1.82, 2.24) is 4.90 Å². The van der Waals surface area contributed by atoms with E-state index >= 15 is 0 Å². The Labute approximate surface area is 204 Å². The molecule has 1 aliphatic rings. The van der Waals surface area contributed by atoms with Gasteiger partial charge in [0.2, 0.25) is 5.91 Å². The minimum atomic E-state index is -4.44. The number of halogens is 3. The van der Waals surface area contributed by atoms with E-state index in [9.17, 15) is 18.0 Å². The summed E-state index contributed by atoms with van der Waals surface area (Å²) in [5.74, 6) is 0.214. The molecule has 35 heavy (non-hydrogen) atoms. The molecule has 0 saturated carbocycles. The summed E-state index contributed by atoms with van der Waals surface area (Å²) in [4.78, 5) is 17.1. The lowest BCUT2D eigenvalue weighted by atomic mass is 10.1. The average molecular weight is 495 g/mol. The summed E-state index contributed by atoms with van der Waals surface area (Å²) < 4.78 is 53.2. The summed E-state index contributed by atoms with van der Waals surface area (Å²) in [6.45, 7) is 0.337. The first-order valence-corrected chi connectivity index (χ1v) is 11.7. The number of rotatable bonds is 11. The summed E-state index contributed by atoms with van der Waals surface area (Å²) in [7, 11) is 5.33. The zero-order chi connectivity index (χ0) is 25.4. The fourth-order valence-corrected chi connectivity index (χ4v) is 3.96. The van der Waals surface area contributed by atoms with Crippen LogP contribution in [-0.4, -0.2) is 64.1 Å². The van der Waals surface area contributed by atoms with Gasteiger partial charge in [-0.2, -0.15) is 13.2 Å². The Bertz CT molecular complexity index is 958. The van der Waals surface area contributed by atoms with E-state index in [1.165, 1.54) is 13.2 Å². The maximum Gasteiger partial charge on any atom is 0.422 e. The monoisotopic (exact) mass is 494 g/mol. The van der Waals surface area contributed by atoms with E-state index in [0.29, 0.717) is 26.1 Å². The number of methoxy groups -OCH3 is 1. The Balaban J connectivity index is 1.65. The minimum absolute atomic E-state index is 0.00597. The maximum absolute atomic E-state index is 13.2. The van der Waals surface area contributed by atoms with E-state index < -0.39 is 12.8 Å². The van der Waals surface area contributed by atoms with Gasteiger partial charge < -0.3 is 24.0 Å². The van der Waals surface area contributed by atoms with E-state index in [-0.39, 0.29) is 29.9 Å². The number of aryl methyl sites for hydroxylation is 1. The maximum atomic E-state index is 13.2. The van der Waals surface area contributed by atoms with Crippen molar-refractivity contribution in [3.8, 4) is 11.5 Å². The Hall–Kier alpha value is -2.94. The largest absolute Gasteiger partial charge is 0.493 e. The topological polar surface area (TPSA) is 51.2 Å². The van der Waals surface area contributed by atoms with E-state index in [2.05, 4.69) is 0 Å². The second-order valence-electron chi connectivity index (χ2n) is 8.86. The summed E-state index contributed by atoms with van der Waals surface area (Å²) in [6.07, 6.45) is -1.79. The molecule has 0 bridgehead atoms. The van der Waals surface area contributed by atoms with Crippen molar-refractivity contribution in [3.63, 3.8) is 0 Å². The molecule has 1 atom stereocenters. The van der Waals surface area contributed by atoms with Crippen molar-refractivity contribution in [2.24, 2.45) is 0 Å². The summed E-state index contributed by atoms with van der Waals surface area (Å²) in [5, 5.41) is 0. The van der Waals surface area contributed by atoms with Crippen molar-refractivity contribution in [3.05, 3.63) is 53.6 Å². The fraction of sp³-hybridized carbons (Fsp3) is 0.500. The molecular weight excluding hydrogens is 461 g/mol. The Morgan fingerprint density at radius 3 is 2.40 bits per heavy atom. The number of hydrogen-bond acceptors (Lipinski definition) is 5. The predicted octanol–water partition coefficient (Wildman–Crippen LogP) is 4.84. The van der Waals surface area contributed by atoms with Crippen LogP contribution < -0.4 is 14.4 Å². The smallest absolute Gasteiger partial charge is 0.422 e. The van der Waals surface area contributed by atoms with E-state index in [1.54, 1.807) is 12.1 Å². The third-order valence-electron chi connectivity index (χ3n) is 5.87. The molecule has 2 aromatic rings. The first-order valence-electron chi connectivity index (χ1n) is 11.7. The number of alkyl halides is 3. The van der Waals surface area contributed by atoms with E-state index in [4.69, 9.17) is 14.2 Å². The highest BCUT2D eigenvalue weighted by atomic mass is 19.4. The highest BCUT2D eigenvalue weighted by Crippen LogP contribution is 2.30. The highest BCUT2D eigenvalue weighted by molar-refractivity contribution is 5.76. The molecule has 0 N–H and O–H groups in total. The number of amides is 1. The molecule has 9 heteroatoms. The van der Waals surface area contributed by atoms with Crippen LogP contribution in [0.2, 0.25) is 0 Å². The van der Waals surface area contributed by atoms with Crippen LogP contribution in [-0.2, 0) is 22.5 Å². The SMILES string of the molecule is COc1cc(CCC(=O)N(Cc2ccc(N(C)C)cc2)CC2CCCO2)ccc1OCC(F)(F)F. The molecule has 1 fully saturated rings. The number of nitrogens with zero attached hydrogens (tertiary/aromatic N) is 2. The Kier molecular flexibility index (Phi) is 9.26. The van der Waals surface area contributed by atoms with Gasteiger partial charge in [-0.05, 0) is 54.7 Å². The van der Waals surface area contributed by atoms with Gasteiger partial charge in [0.1, 0.15) is 0 Å². The molecule has 1 heterocycles. The molecule has 2 aromatic carbocycles. The lowest BCUT2D eigenvalue weighted by Crippen LogP contribution is -2.37. The molecule has 6 nitrogen and oxygen atoms in total. The van der Waals surface area contributed by atoms with Gasteiger partial charge in [-0.15, -0.1) is 0 Å². The first-order chi connectivity index (χ1) is 16.6. The molecule has 1 amide bonds. The van der Waals surface area contributed by atoms with Crippen LogP contribution in [0, 0.1) is 0 Å². The van der Waals surface area contributed by atoms with Crippen molar-refractivity contribution < 1.29 is 32.2 Å². The van der Waals surface area contributed by atoms with Crippen molar-refractivity contribution in [1.29, 1.82) is 0 Å². The van der Waals surface area contributed by atoms with Crippen LogP contribution >= 0.6 is 0 Å². The van der Waals surface area contributed by atoms with Crippen LogP contribution in [0.1, 0.15) is 30.4 Å². The van der Waals surface area contributed by atoms with Gasteiger partial charge in [0.25, 0.3) is 0 Å². The molecule has 0 radical (unpaired) electrons. The van der Waals surface area contributed by atoms with Crippen molar-refractivity contribution >= 4 is 11.6 Å². The molecule has 0 spiro atoms. The van der Waals surface area contributed by atoms with Crippen LogP contribution in [0.5, 0.6) is 11.5 Å². The molecule has 1 unspecified atom stereocenters. The van der Waals surface area contributed by atoms with E-state index in [0.717, 1.165) is 29.7 Å². The predicted molar refractivity (Wildman–Crippen MR) is 128 cm³/mol. The number of benzene rings is 2. The molecular formula is C26H33F3N2O4. The zero-order valence-electron chi connectivity index (χ0n) is 20.4. The van der Waals surface area contributed by atoms with Crippen LogP contribution in [0.15, 0.2) is 42.5 Å². The summed E-state index contributed by atoms with van der Waals surface area (Å²) in [5.41, 5.74) is 2.90. The van der Waals surface area contributed by atoms with Gasteiger partial charge in [-0.1, -0.05) is 18.2 Å². The second kappa shape index (κ2) is 12.2. The number of carbonyl (C=O) groups excluding carboxylic acids is 1. The lowest BCUT2D eigenvalue weighted by molar-refractivity contribution is -0.153. The van der Waals surface area contributed by atoms with Gasteiger partial charge in [0, 0.05) is 45.9 Å². The molecule has 3 rings (SSSR count). The number of anilines is 1. The fourth-order valence-electron chi connectivity index (χ4n) is 3.96. The van der Waals surface area contributed by atoms with Gasteiger partial charge >= 0.3 is 6.18 Å². The Morgan fingerprint density at radius 2 is 1.80 bits per heavy atom. The first kappa shape index (κ1) is 26.7. The standard InChI is InChI=1S/C26H33F3N2O4/c1-30(2)21-10-6-20(7-11-21)16-31(17-22-5-4-14-34-22)25(32)13-9-19-8-12-23(24(15-19)33-3)35-18-26(27,28)29/h6-8,10-12,15,22H,4-5,9,13-14,16-18H2,1-3H3. The van der Waals surface area contributed by atoms with Crippen LogP contribution in [0.3, 0.4) is 0 Å². The zero-order valence-corrected chi connectivity index (χ0v) is 20.4. The molecule has 0 aromatic heterocycles. The third-order valence-corrected chi connectivity index (χ3v) is 5.87. The van der Waals surface area contributed by atoms with Crippen molar-refractivity contribution in [2.75, 3.05) is 45.9 Å². The van der Waals surface area contributed by atoms with Gasteiger partial charge in [0.15, 0.2) is 18.1 Å². The number of ether oxygens (including phenoxy) is 3. The molecule has 1 saturated heterocycles. The van der Waals surface area contributed by atoms with Gasteiger partial charge in [-0.3, -0.25) is 4.79 Å². The highest BCUT2D eigenvalue weighted by Gasteiger charge is 2.29. The quantitative estimate of drug-likeness (QED) is 0.447. The average Bonchev–Trinajstić information content (AvgIpc) is 3.34. The summed E-state index contributed by atoms with van der Waals surface area (Å²) in [6, 6.07) is 12.8. The molecule has 192 valence electrons. The van der Waals surface area contributed by atoms with Gasteiger partial charge in [0.05, 0.1) is 13.2 Å². The normalized spacial score (nSPS) is 15.7. The lowest BCUT2D eigenvalue weighted by Gasteiger charge is -2.26. The molecule has 0 aliphatic carbocycles. The van der Waals surface area contributed by atoms with E-state index in [1.807, 2.05) is 48.2 Å². The van der Waals surface area contributed by atoms with Crippen LogP contribution in [0.4, 0.5) is 18.9 Å². The molecule has 1 aliphatic heterocycles.